The number of furan rings is 1. The van der Waals surface area contributed by atoms with E-state index in [-0.39, 0.29) is 5.76 Å². The lowest BCUT2D eigenvalue weighted by atomic mass is 10.2. The fourth-order valence-corrected chi connectivity index (χ4v) is 2.23. The van der Waals surface area contributed by atoms with E-state index in [1.54, 1.807) is 13.2 Å². The normalized spacial score (nSPS) is 20.3. The number of hydrazine groups is 1. The van der Waals surface area contributed by atoms with Gasteiger partial charge >= 0.3 is 5.91 Å². The van der Waals surface area contributed by atoms with Crippen molar-refractivity contribution in [3.05, 3.63) is 23.2 Å². The third-order valence-corrected chi connectivity index (χ3v) is 3.33. The van der Waals surface area contributed by atoms with E-state index < -0.39 is 5.91 Å². The van der Waals surface area contributed by atoms with Gasteiger partial charge in [0.25, 0.3) is 0 Å². The molecule has 6 heteroatoms. The lowest BCUT2D eigenvalue weighted by Gasteiger charge is -2.14. The average Bonchev–Trinajstić information content (AvgIpc) is 2.96. The molecule has 1 aromatic heterocycles. The van der Waals surface area contributed by atoms with Crippen molar-refractivity contribution < 1.29 is 13.9 Å². The molecule has 0 saturated carbocycles. The molecule has 1 unspecified atom stereocenters. The number of methoxy groups -OCH3 is 1. The van der Waals surface area contributed by atoms with Crippen LogP contribution in [0.4, 0.5) is 0 Å². The van der Waals surface area contributed by atoms with Crippen LogP contribution in [0.15, 0.2) is 10.5 Å². The summed E-state index contributed by atoms with van der Waals surface area (Å²) >= 11 is 0. The number of nitrogens with zero attached hydrogens (tertiary/aromatic N) is 1. The zero-order valence-electron chi connectivity index (χ0n) is 10.7. The first-order valence-electron chi connectivity index (χ1n) is 5.99. The first kappa shape index (κ1) is 13.1. The molecule has 0 spiro atoms. The van der Waals surface area contributed by atoms with Crippen LogP contribution in [0.2, 0.25) is 0 Å². The molecule has 1 aromatic rings. The summed E-state index contributed by atoms with van der Waals surface area (Å²) in [4.78, 5) is 13.6. The predicted molar refractivity (Wildman–Crippen MR) is 65.8 cm³/mol. The van der Waals surface area contributed by atoms with Crippen LogP contribution in [0, 0.1) is 6.92 Å². The molecule has 1 saturated heterocycles. The van der Waals surface area contributed by atoms with Crippen LogP contribution >= 0.6 is 0 Å². The number of likely N-dealkylation sites (tertiary alicyclic amines) is 1. The first-order valence-corrected chi connectivity index (χ1v) is 5.99. The Bertz CT molecular complexity index is 430. The van der Waals surface area contributed by atoms with Crippen molar-refractivity contribution in [3.8, 4) is 0 Å². The second kappa shape index (κ2) is 5.51. The quantitative estimate of drug-likeness (QED) is 0.461. The van der Waals surface area contributed by atoms with Gasteiger partial charge in [-0.2, -0.15) is 0 Å². The predicted octanol–water partition coefficient (Wildman–Crippen LogP) is 0.412. The van der Waals surface area contributed by atoms with Crippen molar-refractivity contribution in [2.45, 2.75) is 26.0 Å². The molecule has 1 atom stereocenters. The van der Waals surface area contributed by atoms with Gasteiger partial charge in [0.15, 0.2) is 5.76 Å². The molecular formula is C12H19N3O3. The molecule has 2 rings (SSSR count). The van der Waals surface area contributed by atoms with Crippen LogP contribution in [0.1, 0.15) is 28.3 Å². The Hall–Kier alpha value is -1.37. The Labute approximate surface area is 106 Å². The summed E-state index contributed by atoms with van der Waals surface area (Å²) in [7, 11) is 1.74. The fourth-order valence-electron chi connectivity index (χ4n) is 2.23. The summed E-state index contributed by atoms with van der Waals surface area (Å²) < 4.78 is 10.7. The fraction of sp³-hybridized carbons (Fsp3) is 0.583. The van der Waals surface area contributed by atoms with Gasteiger partial charge < -0.3 is 9.15 Å². The molecule has 1 aliphatic rings. The number of hydrogen-bond donors (Lipinski definition) is 2. The van der Waals surface area contributed by atoms with Gasteiger partial charge in [-0.15, -0.1) is 0 Å². The van der Waals surface area contributed by atoms with Crippen LogP contribution in [-0.4, -0.2) is 37.1 Å². The summed E-state index contributed by atoms with van der Waals surface area (Å²) in [5.74, 6) is 5.69. The smallest absolute Gasteiger partial charge is 0.300 e. The Balaban J connectivity index is 2.01. The Morgan fingerprint density at radius 1 is 1.72 bits per heavy atom. The van der Waals surface area contributed by atoms with Crippen LogP contribution in [0.25, 0.3) is 0 Å². The highest BCUT2D eigenvalue weighted by Gasteiger charge is 2.23. The third kappa shape index (κ3) is 2.72. The SMILES string of the molecule is COC1CCN(Cc2cc(C(=O)NN)oc2C)C1. The second-order valence-corrected chi connectivity index (χ2v) is 4.55. The van der Waals surface area contributed by atoms with E-state index in [4.69, 9.17) is 15.0 Å². The number of nitrogens with two attached hydrogens (primary N) is 1. The van der Waals surface area contributed by atoms with Crippen LogP contribution in [0.3, 0.4) is 0 Å². The summed E-state index contributed by atoms with van der Waals surface area (Å²) in [6, 6.07) is 1.75. The number of carbonyl (C=O) groups is 1. The molecule has 0 aliphatic carbocycles. The molecule has 1 fully saturated rings. The van der Waals surface area contributed by atoms with E-state index in [2.05, 4.69) is 10.3 Å². The number of aryl methyl sites for hydroxylation is 1. The zero-order valence-corrected chi connectivity index (χ0v) is 10.7. The Morgan fingerprint density at radius 2 is 2.50 bits per heavy atom. The Kier molecular flexibility index (Phi) is 4.00. The highest BCUT2D eigenvalue weighted by atomic mass is 16.5. The number of carbonyl (C=O) groups excluding carboxylic acids is 1. The number of nitrogen functional groups attached to an aromatic ring is 1. The van der Waals surface area contributed by atoms with Crippen LogP contribution < -0.4 is 11.3 Å². The van der Waals surface area contributed by atoms with Crippen molar-refractivity contribution in [3.63, 3.8) is 0 Å². The van der Waals surface area contributed by atoms with Gasteiger partial charge in [0, 0.05) is 32.3 Å². The highest BCUT2D eigenvalue weighted by molar-refractivity contribution is 5.91. The maximum absolute atomic E-state index is 11.4. The van der Waals surface area contributed by atoms with Crippen molar-refractivity contribution in [1.82, 2.24) is 10.3 Å². The zero-order chi connectivity index (χ0) is 13.1. The van der Waals surface area contributed by atoms with E-state index in [1.165, 1.54) is 0 Å². The van der Waals surface area contributed by atoms with Gasteiger partial charge in [-0.3, -0.25) is 15.1 Å². The molecule has 3 N–H and O–H groups in total. The summed E-state index contributed by atoms with van der Waals surface area (Å²) in [6.07, 6.45) is 1.35. The van der Waals surface area contributed by atoms with Crippen molar-refractivity contribution in [2.24, 2.45) is 5.84 Å². The van der Waals surface area contributed by atoms with E-state index in [9.17, 15) is 4.79 Å². The summed E-state index contributed by atoms with van der Waals surface area (Å²) in [6.45, 7) is 4.54. The number of rotatable bonds is 4. The minimum Gasteiger partial charge on any atom is -0.456 e. The van der Waals surface area contributed by atoms with Gasteiger partial charge in [0.2, 0.25) is 0 Å². The number of hydrogen-bond acceptors (Lipinski definition) is 5. The molecule has 0 bridgehead atoms. The minimum atomic E-state index is -0.402. The topological polar surface area (TPSA) is 80.7 Å². The van der Waals surface area contributed by atoms with Crippen molar-refractivity contribution in [1.29, 1.82) is 0 Å². The van der Waals surface area contributed by atoms with Gasteiger partial charge in [0.1, 0.15) is 5.76 Å². The van der Waals surface area contributed by atoms with Crippen LogP contribution in [-0.2, 0) is 11.3 Å². The van der Waals surface area contributed by atoms with Crippen molar-refractivity contribution in [2.75, 3.05) is 20.2 Å². The molecule has 0 radical (unpaired) electrons. The van der Waals surface area contributed by atoms with E-state index in [0.717, 1.165) is 37.4 Å². The maximum Gasteiger partial charge on any atom is 0.300 e. The monoisotopic (exact) mass is 253 g/mol. The number of amides is 1. The lowest BCUT2D eigenvalue weighted by Crippen LogP contribution is -2.29. The van der Waals surface area contributed by atoms with E-state index in [1.807, 2.05) is 6.92 Å². The molecule has 18 heavy (non-hydrogen) atoms. The lowest BCUT2D eigenvalue weighted by molar-refractivity contribution is 0.0924. The van der Waals surface area contributed by atoms with Crippen molar-refractivity contribution >= 4 is 5.91 Å². The molecule has 1 amide bonds. The molecule has 2 heterocycles. The third-order valence-electron chi connectivity index (χ3n) is 3.33. The minimum absolute atomic E-state index is 0.257. The standard InChI is InChI=1S/C12H19N3O3/c1-8-9(5-11(18-8)12(16)14-13)6-15-4-3-10(7-15)17-2/h5,10H,3-4,6-7,13H2,1-2H3,(H,14,16). The molecule has 100 valence electrons. The first-order chi connectivity index (χ1) is 8.63. The maximum atomic E-state index is 11.4. The summed E-state index contributed by atoms with van der Waals surface area (Å²) in [5.41, 5.74) is 3.08. The van der Waals surface area contributed by atoms with E-state index in [0.29, 0.717) is 6.10 Å². The number of nitrogens with one attached hydrogen (secondary N) is 1. The van der Waals surface area contributed by atoms with Gasteiger partial charge in [-0.05, 0) is 19.4 Å². The van der Waals surface area contributed by atoms with Crippen LogP contribution in [0.5, 0.6) is 0 Å². The molecular weight excluding hydrogens is 234 g/mol. The Morgan fingerprint density at radius 3 is 3.11 bits per heavy atom. The van der Waals surface area contributed by atoms with E-state index >= 15 is 0 Å². The second-order valence-electron chi connectivity index (χ2n) is 4.55. The largest absolute Gasteiger partial charge is 0.456 e. The highest BCUT2D eigenvalue weighted by Crippen LogP contribution is 2.20. The number of ether oxygens (including phenoxy) is 1. The molecule has 6 nitrogen and oxygen atoms in total. The average molecular weight is 253 g/mol. The van der Waals surface area contributed by atoms with Gasteiger partial charge in [-0.25, -0.2) is 5.84 Å². The molecule has 0 aromatic carbocycles. The molecule has 1 aliphatic heterocycles. The summed E-state index contributed by atoms with van der Waals surface area (Å²) in [5, 5.41) is 0. The van der Waals surface area contributed by atoms with Gasteiger partial charge in [0.05, 0.1) is 6.10 Å². The van der Waals surface area contributed by atoms with Gasteiger partial charge in [-0.1, -0.05) is 0 Å².